The summed E-state index contributed by atoms with van der Waals surface area (Å²) in [5.41, 5.74) is 0. The molecular formula is C9H10BrN5OS. The number of halogens is 1. The molecule has 0 saturated carbocycles. The van der Waals surface area contributed by atoms with Gasteiger partial charge in [0, 0.05) is 13.1 Å². The Morgan fingerprint density at radius 2 is 2.29 bits per heavy atom. The molecule has 17 heavy (non-hydrogen) atoms. The van der Waals surface area contributed by atoms with E-state index >= 15 is 0 Å². The molecule has 2 heterocycles. The van der Waals surface area contributed by atoms with Gasteiger partial charge < -0.3 is 9.73 Å². The predicted octanol–water partition coefficient (Wildman–Crippen LogP) is 2.26. The van der Waals surface area contributed by atoms with E-state index in [2.05, 4.69) is 41.4 Å². The molecule has 2 aromatic rings. The van der Waals surface area contributed by atoms with Crippen LogP contribution in [0, 0.1) is 6.92 Å². The van der Waals surface area contributed by atoms with Gasteiger partial charge in [-0.2, -0.15) is 0 Å². The van der Waals surface area contributed by atoms with E-state index in [0.29, 0.717) is 29.3 Å². The van der Waals surface area contributed by atoms with Crippen LogP contribution in [0.2, 0.25) is 0 Å². The van der Waals surface area contributed by atoms with Crippen LogP contribution in [0.15, 0.2) is 20.2 Å². The molecule has 1 N–H and O–H groups in total. The maximum Gasteiger partial charge on any atom is 0.235 e. The highest BCUT2D eigenvalue weighted by atomic mass is 79.9. The zero-order chi connectivity index (χ0) is 12.3. The maximum absolute atomic E-state index is 5.25. The van der Waals surface area contributed by atoms with Gasteiger partial charge in [0.25, 0.3) is 0 Å². The molecule has 0 fully saturated rings. The maximum atomic E-state index is 5.25. The van der Waals surface area contributed by atoms with Crippen LogP contribution in [-0.2, 0) is 6.54 Å². The van der Waals surface area contributed by atoms with Gasteiger partial charge in [0.15, 0.2) is 5.16 Å². The third-order valence-corrected chi connectivity index (χ3v) is 3.02. The van der Waals surface area contributed by atoms with E-state index < -0.39 is 0 Å². The van der Waals surface area contributed by atoms with Gasteiger partial charge in [-0.3, -0.25) is 0 Å². The lowest BCUT2D eigenvalue weighted by Crippen LogP contribution is -2.03. The average molecular weight is 316 g/mol. The summed E-state index contributed by atoms with van der Waals surface area (Å²) in [6.07, 6.45) is 3.63. The third kappa shape index (κ3) is 3.16. The van der Waals surface area contributed by atoms with Gasteiger partial charge in [-0.25, -0.2) is 9.97 Å². The molecule has 0 amide bonds. The number of hydrogen-bond acceptors (Lipinski definition) is 7. The fourth-order valence-electron chi connectivity index (χ4n) is 1.14. The molecule has 0 aliphatic heterocycles. The molecule has 0 bridgehead atoms. The first kappa shape index (κ1) is 12.3. The van der Waals surface area contributed by atoms with Crippen molar-refractivity contribution in [1.82, 2.24) is 20.2 Å². The van der Waals surface area contributed by atoms with Gasteiger partial charge in [-0.15, -0.1) is 10.2 Å². The van der Waals surface area contributed by atoms with Gasteiger partial charge in [-0.1, -0.05) is 11.8 Å². The van der Waals surface area contributed by atoms with Gasteiger partial charge in [0.2, 0.25) is 11.8 Å². The molecule has 0 aliphatic carbocycles. The molecule has 6 nitrogen and oxygen atoms in total. The molecule has 0 aliphatic rings. The molecular weight excluding hydrogens is 306 g/mol. The summed E-state index contributed by atoms with van der Waals surface area (Å²) in [7, 11) is 0. The Morgan fingerprint density at radius 3 is 2.94 bits per heavy atom. The summed E-state index contributed by atoms with van der Waals surface area (Å²) < 4.78 is 6.05. The average Bonchev–Trinajstić information content (AvgIpc) is 2.74. The summed E-state index contributed by atoms with van der Waals surface area (Å²) in [6, 6.07) is 0. The van der Waals surface area contributed by atoms with Crippen LogP contribution in [0.3, 0.4) is 0 Å². The third-order valence-electron chi connectivity index (χ3n) is 1.88. The topological polar surface area (TPSA) is 76.7 Å². The van der Waals surface area contributed by atoms with Crippen LogP contribution < -0.4 is 5.32 Å². The summed E-state index contributed by atoms with van der Waals surface area (Å²) >= 11 is 4.86. The van der Waals surface area contributed by atoms with E-state index in [1.165, 1.54) is 11.8 Å². The second kappa shape index (κ2) is 5.46. The van der Waals surface area contributed by atoms with Crippen LogP contribution in [0.25, 0.3) is 0 Å². The second-order valence-corrected chi connectivity index (χ2v) is 4.75. The Bertz CT molecular complexity index is 518. The van der Waals surface area contributed by atoms with Crippen LogP contribution in [-0.4, -0.2) is 26.4 Å². The zero-order valence-corrected chi connectivity index (χ0v) is 11.7. The number of hydrogen-bond donors (Lipinski definition) is 1. The van der Waals surface area contributed by atoms with E-state index in [1.807, 2.05) is 6.26 Å². The Labute approximate surface area is 111 Å². The van der Waals surface area contributed by atoms with E-state index in [-0.39, 0.29) is 0 Å². The minimum absolute atomic E-state index is 0.435. The van der Waals surface area contributed by atoms with Gasteiger partial charge in [0.1, 0.15) is 5.82 Å². The molecule has 0 unspecified atom stereocenters. The van der Waals surface area contributed by atoms with Crippen molar-refractivity contribution in [2.75, 3.05) is 11.6 Å². The van der Waals surface area contributed by atoms with E-state index in [0.717, 1.165) is 4.47 Å². The lowest BCUT2D eigenvalue weighted by molar-refractivity contribution is 0.474. The zero-order valence-electron chi connectivity index (χ0n) is 9.27. The highest BCUT2D eigenvalue weighted by molar-refractivity contribution is 9.10. The standard InChI is InChI=1S/C9H10BrN5OS/c1-5-14-15-7(16-5)4-11-8-6(10)3-12-9(13-8)17-2/h3H,4H2,1-2H3,(H,11,12,13). The molecule has 90 valence electrons. The van der Waals surface area contributed by atoms with Crippen molar-refractivity contribution in [3.05, 3.63) is 22.5 Å². The van der Waals surface area contributed by atoms with Crippen molar-refractivity contribution in [1.29, 1.82) is 0 Å². The monoisotopic (exact) mass is 315 g/mol. The predicted molar refractivity (Wildman–Crippen MR) is 67.9 cm³/mol. The van der Waals surface area contributed by atoms with E-state index in [9.17, 15) is 0 Å². The smallest absolute Gasteiger partial charge is 0.235 e. The Balaban J connectivity index is 2.07. The summed E-state index contributed by atoms with van der Waals surface area (Å²) in [4.78, 5) is 8.45. The second-order valence-electron chi connectivity index (χ2n) is 3.12. The first-order chi connectivity index (χ1) is 8.19. The number of rotatable bonds is 4. The molecule has 0 atom stereocenters. The minimum Gasteiger partial charge on any atom is -0.424 e. The number of aryl methyl sites for hydroxylation is 1. The summed E-state index contributed by atoms with van der Waals surface area (Å²) in [5, 5.41) is 11.5. The van der Waals surface area contributed by atoms with Gasteiger partial charge >= 0.3 is 0 Å². The van der Waals surface area contributed by atoms with Crippen molar-refractivity contribution < 1.29 is 4.42 Å². The van der Waals surface area contributed by atoms with Crippen molar-refractivity contribution >= 4 is 33.5 Å². The Kier molecular flexibility index (Phi) is 3.95. The normalized spacial score (nSPS) is 10.5. The molecule has 8 heteroatoms. The van der Waals surface area contributed by atoms with Crippen LogP contribution in [0.4, 0.5) is 5.82 Å². The number of anilines is 1. The van der Waals surface area contributed by atoms with Crippen molar-refractivity contribution in [2.24, 2.45) is 0 Å². The molecule has 0 aromatic carbocycles. The van der Waals surface area contributed by atoms with Crippen molar-refractivity contribution in [2.45, 2.75) is 18.6 Å². The summed E-state index contributed by atoms with van der Waals surface area (Å²) in [5.74, 6) is 1.78. The summed E-state index contributed by atoms with van der Waals surface area (Å²) in [6.45, 7) is 2.19. The SMILES string of the molecule is CSc1ncc(Br)c(NCc2nnc(C)o2)n1. The Hall–Kier alpha value is -1.15. The minimum atomic E-state index is 0.435. The lowest BCUT2D eigenvalue weighted by Gasteiger charge is -2.05. The van der Waals surface area contributed by atoms with E-state index in [1.54, 1.807) is 13.1 Å². The quantitative estimate of drug-likeness (QED) is 0.685. The number of nitrogens with one attached hydrogen (secondary N) is 1. The molecule has 2 aromatic heterocycles. The van der Waals surface area contributed by atoms with Crippen LogP contribution in [0.5, 0.6) is 0 Å². The van der Waals surface area contributed by atoms with Gasteiger partial charge in [0.05, 0.1) is 11.0 Å². The fraction of sp³-hybridized carbons (Fsp3) is 0.333. The van der Waals surface area contributed by atoms with Gasteiger partial charge in [-0.05, 0) is 22.2 Å². The first-order valence-electron chi connectivity index (χ1n) is 4.78. The highest BCUT2D eigenvalue weighted by Crippen LogP contribution is 2.21. The van der Waals surface area contributed by atoms with Crippen molar-refractivity contribution in [3.63, 3.8) is 0 Å². The molecule has 0 radical (unpaired) electrons. The van der Waals surface area contributed by atoms with Crippen LogP contribution in [0.1, 0.15) is 11.8 Å². The van der Waals surface area contributed by atoms with E-state index in [4.69, 9.17) is 4.42 Å². The number of nitrogens with zero attached hydrogens (tertiary/aromatic N) is 4. The highest BCUT2D eigenvalue weighted by Gasteiger charge is 2.06. The first-order valence-corrected chi connectivity index (χ1v) is 6.80. The largest absolute Gasteiger partial charge is 0.424 e. The fourth-order valence-corrected chi connectivity index (χ4v) is 1.81. The molecule has 0 saturated heterocycles. The van der Waals surface area contributed by atoms with Crippen LogP contribution >= 0.6 is 27.7 Å². The molecule has 2 rings (SSSR count). The number of aromatic nitrogens is 4. The molecule has 0 spiro atoms. The Morgan fingerprint density at radius 1 is 1.47 bits per heavy atom. The van der Waals surface area contributed by atoms with Crippen molar-refractivity contribution in [3.8, 4) is 0 Å². The lowest BCUT2D eigenvalue weighted by atomic mass is 10.5. The number of thioether (sulfide) groups is 1.